The molecule has 0 fully saturated rings. The van der Waals surface area contributed by atoms with E-state index in [-0.39, 0.29) is 17.9 Å². The van der Waals surface area contributed by atoms with Gasteiger partial charge >= 0.3 is 0 Å². The first-order chi connectivity index (χ1) is 13.9. The number of aromatic amines is 1. The highest BCUT2D eigenvalue weighted by atomic mass is 16.6. The molecule has 1 heterocycles. The van der Waals surface area contributed by atoms with Gasteiger partial charge in [-0.2, -0.15) is 5.26 Å². The Bertz CT molecular complexity index is 1150. The highest BCUT2D eigenvalue weighted by Gasteiger charge is 2.27. The Morgan fingerprint density at radius 1 is 1.21 bits per heavy atom. The zero-order valence-corrected chi connectivity index (χ0v) is 16.3. The van der Waals surface area contributed by atoms with Gasteiger partial charge in [0.05, 0.1) is 23.0 Å². The Balaban J connectivity index is 1.77. The van der Waals surface area contributed by atoms with Crippen LogP contribution in [0.4, 0.5) is 5.69 Å². The fourth-order valence-electron chi connectivity index (χ4n) is 3.15. The van der Waals surface area contributed by atoms with E-state index in [1.165, 1.54) is 24.3 Å². The van der Waals surface area contributed by atoms with Crippen molar-refractivity contribution < 1.29 is 9.66 Å². The predicted molar refractivity (Wildman–Crippen MR) is 110 cm³/mol. The quantitative estimate of drug-likeness (QED) is 0.478. The van der Waals surface area contributed by atoms with E-state index < -0.39 is 10.3 Å². The van der Waals surface area contributed by atoms with Crippen molar-refractivity contribution in [3.63, 3.8) is 0 Å². The second-order valence-corrected chi connectivity index (χ2v) is 7.07. The first-order valence-corrected chi connectivity index (χ1v) is 9.31. The van der Waals surface area contributed by atoms with Crippen molar-refractivity contribution in [3.8, 4) is 11.8 Å². The molecule has 3 aromatic rings. The minimum Gasteiger partial charge on any atom is -0.494 e. The van der Waals surface area contributed by atoms with Crippen molar-refractivity contribution in [2.24, 2.45) is 0 Å². The molecule has 0 bridgehead atoms. The molecule has 1 N–H and O–H groups in total. The summed E-state index contributed by atoms with van der Waals surface area (Å²) < 4.78 is 5.67. The van der Waals surface area contributed by atoms with Crippen molar-refractivity contribution in [2.45, 2.75) is 32.1 Å². The molecule has 0 radical (unpaired) electrons. The van der Waals surface area contributed by atoms with Gasteiger partial charge in [0, 0.05) is 29.6 Å². The Hall–Kier alpha value is -3.66. The van der Waals surface area contributed by atoms with Gasteiger partial charge in [-0.05, 0) is 48.6 Å². The van der Waals surface area contributed by atoms with Gasteiger partial charge in [0.25, 0.3) is 11.2 Å². The summed E-state index contributed by atoms with van der Waals surface area (Å²) in [6, 6.07) is 15.7. The van der Waals surface area contributed by atoms with Crippen molar-refractivity contribution in [1.29, 1.82) is 5.26 Å². The largest absolute Gasteiger partial charge is 0.494 e. The van der Waals surface area contributed by atoms with Gasteiger partial charge in [0.15, 0.2) is 0 Å². The Morgan fingerprint density at radius 2 is 1.93 bits per heavy atom. The molecule has 0 aliphatic heterocycles. The maximum atomic E-state index is 12.1. The van der Waals surface area contributed by atoms with E-state index in [0.717, 1.165) is 16.5 Å². The van der Waals surface area contributed by atoms with E-state index in [2.05, 4.69) is 11.1 Å². The zero-order valence-electron chi connectivity index (χ0n) is 16.3. The number of fused-ring (bicyclic) bond motifs is 1. The first kappa shape index (κ1) is 20.1. The number of nitro groups is 1. The van der Waals surface area contributed by atoms with Crippen LogP contribution in [-0.4, -0.2) is 16.5 Å². The molecule has 3 rings (SSSR count). The van der Waals surface area contributed by atoms with Gasteiger partial charge in [-0.3, -0.25) is 14.9 Å². The molecule has 0 amide bonds. The van der Waals surface area contributed by atoms with Crippen LogP contribution in [0.15, 0.2) is 53.3 Å². The molecule has 0 saturated carbocycles. The number of rotatable bonds is 7. The average Bonchev–Trinajstić information content (AvgIpc) is 2.73. The summed E-state index contributed by atoms with van der Waals surface area (Å²) in [5.74, 6) is 0.505. The number of ether oxygens (including phenoxy) is 1. The number of benzene rings is 2. The molecule has 0 spiro atoms. The third-order valence-corrected chi connectivity index (χ3v) is 5.11. The zero-order chi connectivity index (χ0) is 21.0. The van der Waals surface area contributed by atoms with Crippen LogP contribution < -0.4 is 10.3 Å². The summed E-state index contributed by atoms with van der Waals surface area (Å²) in [6.07, 6.45) is 1.08. The normalized spacial score (nSPS) is 12.9. The number of aryl methyl sites for hydroxylation is 1. The van der Waals surface area contributed by atoms with Gasteiger partial charge in [-0.1, -0.05) is 19.1 Å². The summed E-state index contributed by atoms with van der Waals surface area (Å²) in [6.45, 7) is 4.03. The maximum Gasteiger partial charge on any atom is 0.269 e. The molecule has 2 aromatic carbocycles. The summed E-state index contributed by atoms with van der Waals surface area (Å²) in [5, 5.41) is 21.4. The van der Waals surface area contributed by atoms with Gasteiger partial charge in [-0.15, -0.1) is 0 Å². The minimum absolute atomic E-state index is 0.00407. The van der Waals surface area contributed by atoms with Crippen LogP contribution >= 0.6 is 0 Å². The lowest BCUT2D eigenvalue weighted by Crippen LogP contribution is -2.23. The molecule has 148 valence electrons. The molecule has 29 heavy (non-hydrogen) atoms. The molecule has 1 atom stereocenters. The second-order valence-electron chi connectivity index (χ2n) is 7.07. The third kappa shape index (κ3) is 4.27. The van der Waals surface area contributed by atoms with E-state index in [9.17, 15) is 20.2 Å². The smallest absolute Gasteiger partial charge is 0.269 e. The number of non-ortho nitro benzene ring substituents is 1. The van der Waals surface area contributed by atoms with Crippen LogP contribution in [0.2, 0.25) is 0 Å². The highest BCUT2D eigenvalue weighted by molar-refractivity contribution is 5.80. The van der Waals surface area contributed by atoms with Crippen molar-refractivity contribution in [3.05, 3.63) is 80.1 Å². The van der Waals surface area contributed by atoms with Crippen molar-refractivity contribution in [1.82, 2.24) is 4.98 Å². The monoisotopic (exact) mass is 391 g/mol. The summed E-state index contributed by atoms with van der Waals surface area (Å²) in [7, 11) is 0. The van der Waals surface area contributed by atoms with Crippen LogP contribution in [0.5, 0.6) is 5.75 Å². The molecule has 0 aliphatic rings. The van der Waals surface area contributed by atoms with Crippen LogP contribution in [0, 0.1) is 21.4 Å². The summed E-state index contributed by atoms with van der Waals surface area (Å²) in [5.41, 5.74) is 1.29. The molecule has 7 heteroatoms. The fraction of sp³-hybridized carbons (Fsp3) is 0.273. The van der Waals surface area contributed by atoms with Gasteiger partial charge < -0.3 is 9.72 Å². The summed E-state index contributed by atoms with van der Waals surface area (Å²) in [4.78, 5) is 25.2. The number of nitriles is 1. The molecular formula is C22H21N3O4. The van der Waals surface area contributed by atoms with E-state index in [0.29, 0.717) is 24.1 Å². The van der Waals surface area contributed by atoms with Gasteiger partial charge in [0.2, 0.25) is 0 Å². The molecule has 0 saturated heterocycles. The Kier molecular flexibility index (Phi) is 5.64. The van der Waals surface area contributed by atoms with Crippen LogP contribution in [0.25, 0.3) is 10.9 Å². The van der Waals surface area contributed by atoms with E-state index in [1.807, 2.05) is 38.1 Å². The number of hydrogen-bond donors (Lipinski definition) is 1. The van der Waals surface area contributed by atoms with E-state index in [1.54, 1.807) is 0 Å². The van der Waals surface area contributed by atoms with E-state index in [4.69, 9.17) is 4.74 Å². The number of H-pyrrole nitrogens is 1. The molecule has 0 aliphatic carbocycles. The number of nitro benzene ring substituents is 1. The Labute approximate surface area is 167 Å². The fourth-order valence-corrected chi connectivity index (χ4v) is 3.15. The molecular weight excluding hydrogens is 370 g/mol. The lowest BCUT2D eigenvalue weighted by atomic mass is 9.81. The lowest BCUT2D eigenvalue weighted by Gasteiger charge is -2.22. The van der Waals surface area contributed by atoms with Gasteiger partial charge in [-0.25, -0.2) is 0 Å². The van der Waals surface area contributed by atoms with E-state index >= 15 is 0 Å². The van der Waals surface area contributed by atoms with Crippen LogP contribution in [-0.2, 0) is 11.8 Å². The number of nitrogens with zero attached hydrogens (tertiary/aromatic N) is 2. The Morgan fingerprint density at radius 3 is 2.55 bits per heavy atom. The lowest BCUT2D eigenvalue weighted by molar-refractivity contribution is -0.384. The highest BCUT2D eigenvalue weighted by Crippen LogP contribution is 2.29. The summed E-state index contributed by atoms with van der Waals surface area (Å²) >= 11 is 0. The third-order valence-electron chi connectivity index (χ3n) is 5.11. The van der Waals surface area contributed by atoms with Crippen molar-refractivity contribution in [2.75, 3.05) is 6.61 Å². The number of aromatic nitrogens is 1. The number of nitrogens with one attached hydrogen (secondary N) is 1. The first-order valence-electron chi connectivity index (χ1n) is 9.31. The van der Waals surface area contributed by atoms with Crippen molar-refractivity contribution >= 4 is 16.6 Å². The number of pyridine rings is 1. The topological polar surface area (TPSA) is 109 Å². The predicted octanol–water partition coefficient (Wildman–Crippen LogP) is 4.25. The molecule has 7 nitrogen and oxygen atoms in total. The second kappa shape index (κ2) is 8.15. The minimum atomic E-state index is -0.810. The maximum absolute atomic E-state index is 12.1. The SMILES string of the molecule is CCc1cc2ccc(C(C)(C#N)CCOc3ccc([N+](=O)[O-])cc3)cc2[nH]c1=O. The van der Waals surface area contributed by atoms with Gasteiger partial charge in [0.1, 0.15) is 5.75 Å². The van der Waals surface area contributed by atoms with Crippen LogP contribution in [0.1, 0.15) is 31.4 Å². The molecule has 1 aromatic heterocycles. The molecule has 1 unspecified atom stereocenters. The van der Waals surface area contributed by atoms with Crippen LogP contribution in [0.3, 0.4) is 0 Å². The average molecular weight is 391 g/mol. The number of hydrogen-bond acceptors (Lipinski definition) is 5. The standard InChI is InChI=1S/C22H21N3O4/c1-3-15-12-16-4-5-17(13-20(16)24-21(15)26)22(2,14-23)10-11-29-19-8-6-18(7-9-19)25(27)28/h4-9,12-13H,3,10-11H2,1-2H3,(H,24,26).